The second-order valence-electron chi connectivity index (χ2n) is 6.37. The van der Waals surface area contributed by atoms with E-state index in [9.17, 15) is 8.42 Å². The van der Waals surface area contributed by atoms with Crippen LogP contribution in [0.15, 0.2) is 65.6 Å². The third-order valence-corrected chi connectivity index (χ3v) is 5.80. The molecule has 0 aliphatic rings. The second kappa shape index (κ2) is 7.89. The van der Waals surface area contributed by atoms with Crippen LogP contribution in [-0.2, 0) is 16.4 Å². The van der Waals surface area contributed by atoms with Crippen LogP contribution in [0.2, 0.25) is 0 Å². The molecular formula is C21H23NO3S. The molecule has 0 heterocycles. The number of methoxy groups -OCH3 is 1. The van der Waals surface area contributed by atoms with Crippen molar-refractivity contribution in [2.45, 2.75) is 24.7 Å². The Morgan fingerprint density at radius 1 is 0.962 bits per heavy atom. The largest absolute Gasteiger partial charge is 0.497 e. The van der Waals surface area contributed by atoms with Gasteiger partial charge >= 0.3 is 0 Å². The molecular weight excluding hydrogens is 346 g/mol. The van der Waals surface area contributed by atoms with Crippen molar-refractivity contribution in [2.24, 2.45) is 0 Å². The molecule has 0 spiro atoms. The summed E-state index contributed by atoms with van der Waals surface area (Å²) in [5.74, 6) is 0.752. The number of sulfonamides is 1. The smallest absolute Gasteiger partial charge is 0.240 e. The Labute approximate surface area is 154 Å². The first kappa shape index (κ1) is 18.4. The Bertz CT molecular complexity index is 1010. The van der Waals surface area contributed by atoms with Gasteiger partial charge in [-0.15, -0.1) is 0 Å². The van der Waals surface area contributed by atoms with Crippen LogP contribution in [0.4, 0.5) is 0 Å². The Balaban J connectivity index is 1.65. The summed E-state index contributed by atoms with van der Waals surface area (Å²) in [4.78, 5) is 0.283. The van der Waals surface area contributed by atoms with E-state index in [0.29, 0.717) is 6.54 Å². The van der Waals surface area contributed by atoms with Gasteiger partial charge in [0.2, 0.25) is 10.0 Å². The molecule has 3 aromatic carbocycles. The molecule has 4 nitrogen and oxygen atoms in total. The van der Waals surface area contributed by atoms with Gasteiger partial charge in [-0.1, -0.05) is 42.0 Å². The Hall–Kier alpha value is -2.37. The van der Waals surface area contributed by atoms with Crippen LogP contribution in [0, 0.1) is 6.92 Å². The molecule has 3 aromatic rings. The van der Waals surface area contributed by atoms with Crippen LogP contribution in [0.1, 0.15) is 17.5 Å². The number of nitrogens with one attached hydrogen (secondary N) is 1. The van der Waals surface area contributed by atoms with E-state index < -0.39 is 10.0 Å². The van der Waals surface area contributed by atoms with Crippen molar-refractivity contribution in [1.82, 2.24) is 4.72 Å². The predicted molar refractivity (Wildman–Crippen MR) is 105 cm³/mol. The Morgan fingerprint density at radius 2 is 1.73 bits per heavy atom. The highest BCUT2D eigenvalue weighted by molar-refractivity contribution is 7.89. The molecule has 0 saturated carbocycles. The SMILES string of the molecule is COc1ccc2cc(S(=O)(=O)NCCCc3cccc(C)c3)ccc2c1. The highest BCUT2D eigenvalue weighted by Crippen LogP contribution is 2.23. The van der Waals surface area contributed by atoms with Crippen molar-refractivity contribution in [2.75, 3.05) is 13.7 Å². The molecule has 0 aliphatic heterocycles. The van der Waals surface area contributed by atoms with E-state index in [1.54, 1.807) is 25.3 Å². The van der Waals surface area contributed by atoms with Gasteiger partial charge in [-0.2, -0.15) is 0 Å². The van der Waals surface area contributed by atoms with E-state index >= 15 is 0 Å². The molecule has 0 aliphatic carbocycles. The summed E-state index contributed by atoms with van der Waals surface area (Å²) in [6.45, 7) is 2.47. The van der Waals surface area contributed by atoms with Crippen LogP contribution >= 0.6 is 0 Å². The first-order chi connectivity index (χ1) is 12.5. The van der Waals surface area contributed by atoms with Gasteiger partial charge in [0, 0.05) is 6.54 Å². The molecule has 0 aromatic heterocycles. The number of aryl methyl sites for hydroxylation is 2. The number of hydrogen-bond acceptors (Lipinski definition) is 3. The summed E-state index contributed by atoms with van der Waals surface area (Å²) in [7, 11) is -1.90. The molecule has 26 heavy (non-hydrogen) atoms. The molecule has 0 saturated heterocycles. The summed E-state index contributed by atoms with van der Waals surface area (Å²) in [5, 5.41) is 1.82. The fraction of sp³-hybridized carbons (Fsp3) is 0.238. The van der Waals surface area contributed by atoms with E-state index in [0.717, 1.165) is 29.4 Å². The summed E-state index contributed by atoms with van der Waals surface area (Å²) in [6, 6.07) is 19.0. The number of benzene rings is 3. The van der Waals surface area contributed by atoms with Crippen molar-refractivity contribution in [1.29, 1.82) is 0 Å². The van der Waals surface area contributed by atoms with E-state index in [4.69, 9.17) is 4.74 Å². The first-order valence-electron chi connectivity index (χ1n) is 8.61. The van der Waals surface area contributed by atoms with Crippen LogP contribution in [-0.4, -0.2) is 22.1 Å². The monoisotopic (exact) mass is 369 g/mol. The normalized spacial score (nSPS) is 11.6. The molecule has 0 amide bonds. The van der Waals surface area contributed by atoms with Crippen molar-refractivity contribution in [3.63, 3.8) is 0 Å². The van der Waals surface area contributed by atoms with Crippen molar-refractivity contribution < 1.29 is 13.2 Å². The summed E-state index contributed by atoms with van der Waals surface area (Å²) in [5.41, 5.74) is 2.44. The molecule has 136 valence electrons. The van der Waals surface area contributed by atoms with Crippen molar-refractivity contribution in [3.8, 4) is 5.75 Å². The van der Waals surface area contributed by atoms with Crippen molar-refractivity contribution in [3.05, 3.63) is 71.8 Å². The summed E-state index contributed by atoms with van der Waals surface area (Å²) >= 11 is 0. The second-order valence-corrected chi connectivity index (χ2v) is 8.13. The van der Waals surface area contributed by atoms with Crippen LogP contribution < -0.4 is 9.46 Å². The minimum absolute atomic E-state index is 0.283. The van der Waals surface area contributed by atoms with E-state index in [2.05, 4.69) is 29.8 Å². The topological polar surface area (TPSA) is 55.4 Å². The number of fused-ring (bicyclic) bond motifs is 1. The average Bonchev–Trinajstić information content (AvgIpc) is 2.64. The lowest BCUT2D eigenvalue weighted by atomic mass is 10.1. The van der Waals surface area contributed by atoms with Crippen LogP contribution in [0.5, 0.6) is 5.75 Å². The fourth-order valence-corrected chi connectivity index (χ4v) is 4.06. The molecule has 0 fully saturated rings. The highest BCUT2D eigenvalue weighted by Gasteiger charge is 2.14. The van der Waals surface area contributed by atoms with Gasteiger partial charge in [0.25, 0.3) is 0 Å². The molecule has 0 bridgehead atoms. The quantitative estimate of drug-likeness (QED) is 0.639. The highest BCUT2D eigenvalue weighted by atomic mass is 32.2. The maximum absolute atomic E-state index is 12.5. The standard InChI is InChI=1S/C21H23NO3S/c1-16-5-3-6-17(13-16)7-4-12-22-26(23,24)21-11-9-18-14-20(25-2)10-8-19(18)15-21/h3,5-6,8-11,13-15,22H,4,7,12H2,1-2H3. The number of hydrogen-bond donors (Lipinski definition) is 1. The van der Waals surface area contributed by atoms with Crippen LogP contribution in [0.3, 0.4) is 0 Å². The molecule has 1 N–H and O–H groups in total. The van der Waals surface area contributed by atoms with Gasteiger partial charge in [0.15, 0.2) is 0 Å². The minimum Gasteiger partial charge on any atom is -0.497 e. The van der Waals surface area contributed by atoms with Gasteiger partial charge in [-0.3, -0.25) is 0 Å². The third kappa shape index (κ3) is 4.42. The first-order valence-corrected chi connectivity index (χ1v) is 10.1. The maximum atomic E-state index is 12.5. The van der Waals surface area contributed by atoms with Crippen molar-refractivity contribution >= 4 is 20.8 Å². The van der Waals surface area contributed by atoms with E-state index in [1.165, 1.54) is 11.1 Å². The average molecular weight is 369 g/mol. The summed E-state index contributed by atoms with van der Waals surface area (Å²) in [6.07, 6.45) is 1.61. The lowest BCUT2D eigenvalue weighted by molar-refractivity contribution is 0.415. The van der Waals surface area contributed by atoms with E-state index in [-0.39, 0.29) is 4.90 Å². The van der Waals surface area contributed by atoms with Gasteiger partial charge in [-0.05, 0) is 60.4 Å². The zero-order valence-electron chi connectivity index (χ0n) is 15.0. The predicted octanol–water partition coefficient (Wildman–Crippen LogP) is 4.07. The molecule has 5 heteroatoms. The molecule has 3 rings (SSSR count). The zero-order valence-corrected chi connectivity index (χ0v) is 15.8. The van der Waals surface area contributed by atoms with Gasteiger partial charge in [0.05, 0.1) is 12.0 Å². The Kier molecular flexibility index (Phi) is 5.59. The van der Waals surface area contributed by atoms with Gasteiger partial charge in [0.1, 0.15) is 5.75 Å². The fourth-order valence-electron chi connectivity index (χ4n) is 2.95. The van der Waals surface area contributed by atoms with Gasteiger partial charge in [-0.25, -0.2) is 13.1 Å². The van der Waals surface area contributed by atoms with E-state index in [1.807, 2.05) is 24.3 Å². The molecule has 0 atom stereocenters. The third-order valence-electron chi connectivity index (χ3n) is 4.35. The lowest BCUT2D eigenvalue weighted by Gasteiger charge is -2.09. The number of rotatable bonds is 7. The lowest BCUT2D eigenvalue weighted by Crippen LogP contribution is -2.25. The molecule has 0 radical (unpaired) electrons. The zero-order chi connectivity index (χ0) is 18.6. The molecule has 0 unspecified atom stereocenters. The van der Waals surface area contributed by atoms with Gasteiger partial charge < -0.3 is 4.74 Å². The Morgan fingerprint density at radius 3 is 2.50 bits per heavy atom. The number of ether oxygens (including phenoxy) is 1. The minimum atomic E-state index is -3.51. The maximum Gasteiger partial charge on any atom is 0.240 e. The summed E-state index contributed by atoms with van der Waals surface area (Å²) < 4.78 is 33.0. The van der Waals surface area contributed by atoms with Crippen LogP contribution in [0.25, 0.3) is 10.8 Å².